The number of carbonyl (C=O) groups is 2. The Labute approximate surface area is 160 Å². The Bertz CT molecular complexity index is 815. The van der Waals surface area contributed by atoms with Gasteiger partial charge in [-0.3, -0.25) is 9.59 Å². The maximum Gasteiger partial charge on any atom is 0.228 e. The van der Waals surface area contributed by atoms with Crippen LogP contribution in [-0.2, 0) is 16.1 Å². The fourth-order valence-electron chi connectivity index (χ4n) is 3.12. The van der Waals surface area contributed by atoms with Crippen molar-refractivity contribution in [2.75, 3.05) is 12.4 Å². The van der Waals surface area contributed by atoms with E-state index in [0.29, 0.717) is 18.9 Å². The van der Waals surface area contributed by atoms with Crippen LogP contribution in [0.2, 0.25) is 0 Å². The second-order valence-corrected chi connectivity index (χ2v) is 7.24. The average molecular weight is 366 g/mol. The van der Waals surface area contributed by atoms with E-state index in [-0.39, 0.29) is 23.7 Å². The van der Waals surface area contributed by atoms with E-state index in [2.05, 4.69) is 24.5 Å². The van der Waals surface area contributed by atoms with Gasteiger partial charge in [-0.2, -0.15) is 0 Å². The molecule has 0 radical (unpaired) electrons. The van der Waals surface area contributed by atoms with E-state index < -0.39 is 0 Å². The average Bonchev–Trinajstić information content (AvgIpc) is 3.48. The third-order valence-corrected chi connectivity index (χ3v) is 4.95. The molecule has 5 nitrogen and oxygen atoms in total. The molecule has 1 fully saturated rings. The number of rotatable bonds is 7. The monoisotopic (exact) mass is 366 g/mol. The van der Waals surface area contributed by atoms with Crippen LogP contribution in [0.15, 0.2) is 48.5 Å². The molecule has 2 aromatic rings. The SMILES string of the molecule is COc1ccccc1CNC(=O)C1CC1C(=O)Nc1ccc(C(C)C)cc1. The lowest BCUT2D eigenvalue weighted by atomic mass is 10.0. The molecule has 0 aliphatic heterocycles. The minimum Gasteiger partial charge on any atom is -0.496 e. The highest BCUT2D eigenvalue weighted by molar-refractivity contribution is 5.99. The number of carbonyl (C=O) groups excluding carboxylic acids is 2. The van der Waals surface area contributed by atoms with Gasteiger partial charge in [0.2, 0.25) is 11.8 Å². The molecule has 2 unspecified atom stereocenters. The highest BCUT2D eigenvalue weighted by Crippen LogP contribution is 2.39. The minimum atomic E-state index is -0.257. The second kappa shape index (κ2) is 8.25. The summed E-state index contributed by atoms with van der Waals surface area (Å²) in [6.45, 7) is 4.66. The quantitative estimate of drug-likeness (QED) is 0.785. The lowest BCUT2D eigenvalue weighted by molar-refractivity contribution is -0.125. The zero-order chi connectivity index (χ0) is 19.4. The molecule has 2 aromatic carbocycles. The van der Waals surface area contributed by atoms with Crippen LogP contribution in [0.5, 0.6) is 5.75 Å². The molecular weight excluding hydrogens is 340 g/mol. The van der Waals surface area contributed by atoms with Crippen LogP contribution in [-0.4, -0.2) is 18.9 Å². The van der Waals surface area contributed by atoms with Crippen molar-refractivity contribution in [3.8, 4) is 5.75 Å². The third-order valence-electron chi connectivity index (χ3n) is 4.95. The molecule has 1 aliphatic carbocycles. The van der Waals surface area contributed by atoms with E-state index in [1.807, 2.05) is 48.5 Å². The van der Waals surface area contributed by atoms with Gasteiger partial charge in [0.1, 0.15) is 5.75 Å². The van der Waals surface area contributed by atoms with Crippen LogP contribution < -0.4 is 15.4 Å². The van der Waals surface area contributed by atoms with Crippen molar-refractivity contribution < 1.29 is 14.3 Å². The smallest absolute Gasteiger partial charge is 0.228 e. The van der Waals surface area contributed by atoms with Crippen molar-refractivity contribution in [1.29, 1.82) is 0 Å². The summed E-state index contributed by atoms with van der Waals surface area (Å²) in [5.74, 6) is 0.505. The van der Waals surface area contributed by atoms with Gasteiger partial charge in [-0.25, -0.2) is 0 Å². The van der Waals surface area contributed by atoms with Crippen molar-refractivity contribution in [3.63, 3.8) is 0 Å². The lowest BCUT2D eigenvalue weighted by Crippen LogP contribution is -2.27. The largest absolute Gasteiger partial charge is 0.496 e. The highest BCUT2D eigenvalue weighted by atomic mass is 16.5. The van der Waals surface area contributed by atoms with Crippen LogP contribution in [0.1, 0.15) is 37.3 Å². The highest BCUT2D eigenvalue weighted by Gasteiger charge is 2.47. The zero-order valence-corrected chi connectivity index (χ0v) is 16.0. The molecular formula is C22H26N2O3. The lowest BCUT2D eigenvalue weighted by Gasteiger charge is -2.10. The maximum absolute atomic E-state index is 12.4. The van der Waals surface area contributed by atoms with Gasteiger partial charge < -0.3 is 15.4 Å². The molecule has 0 spiro atoms. The summed E-state index contributed by atoms with van der Waals surface area (Å²) in [4.78, 5) is 24.7. The van der Waals surface area contributed by atoms with Gasteiger partial charge >= 0.3 is 0 Å². The molecule has 142 valence electrons. The standard InChI is InChI=1S/C22H26N2O3/c1-14(2)15-8-10-17(11-9-15)24-22(26)19-12-18(19)21(25)23-13-16-6-4-5-7-20(16)27-3/h4-11,14,18-19H,12-13H2,1-3H3,(H,23,25)(H,24,26). The molecule has 0 aromatic heterocycles. The number of nitrogens with one attached hydrogen (secondary N) is 2. The molecule has 3 rings (SSSR count). The normalized spacial score (nSPS) is 18.1. The Morgan fingerprint density at radius 1 is 1.04 bits per heavy atom. The number of anilines is 1. The minimum absolute atomic E-state index is 0.0868. The first-order valence-corrected chi connectivity index (χ1v) is 9.30. The van der Waals surface area contributed by atoms with Gasteiger partial charge in [0.05, 0.1) is 18.9 Å². The molecule has 0 heterocycles. The predicted molar refractivity (Wildman–Crippen MR) is 106 cm³/mol. The van der Waals surface area contributed by atoms with Crippen molar-refractivity contribution in [2.45, 2.75) is 32.7 Å². The number of para-hydroxylation sites is 1. The molecule has 1 aliphatic rings. The molecule has 2 amide bonds. The Morgan fingerprint density at radius 2 is 1.70 bits per heavy atom. The number of hydrogen-bond acceptors (Lipinski definition) is 3. The first-order valence-electron chi connectivity index (χ1n) is 9.30. The van der Waals surface area contributed by atoms with Crippen LogP contribution in [0.25, 0.3) is 0 Å². The van der Waals surface area contributed by atoms with E-state index >= 15 is 0 Å². The molecule has 2 atom stereocenters. The zero-order valence-electron chi connectivity index (χ0n) is 16.0. The summed E-state index contributed by atoms with van der Waals surface area (Å²) in [6, 6.07) is 15.4. The van der Waals surface area contributed by atoms with Crippen LogP contribution >= 0.6 is 0 Å². The van der Waals surface area contributed by atoms with Crippen LogP contribution in [0.4, 0.5) is 5.69 Å². The van der Waals surface area contributed by atoms with Gasteiger partial charge in [0.25, 0.3) is 0 Å². The molecule has 0 saturated heterocycles. The number of benzene rings is 2. The first-order chi connectivity index (χ1) is 13.0. The van der Waals surface area contributed by atoms with E-state index in [0.717, 1.165) is 17.0 Å². The predicted octanol–water partition coefficient (Wildman–Crippen LogP) is 3.71. The van der Waals surface area contributed by atoms with Gasteiger partial charge in [-0.1, -0.05) is 44.2 Å². The second-order valence-electron chi connectivity index (χ2n) is 7.24. The maximum atomic E-state index is 12.4. The van der Waals surface area contributed by atoms with E-state index in [1.165, 1.54) is 5.56 Å². The fourth-order valence-corrected chi connectivity index (χ4v) is 3.12. The Hall–Kier alpha value is -2.82. The van der Waals surface area contributed by atoms with E-state index in [4.69, 9.17) is 4.74 Å². The molecule has 27 heavy (non-hydrogen) atoms. The van der Waals surface area contributed by atoms with Crippen molar-refractivity contribution in [2.24, 2.45) is 11.8 Å². The summed E-state index contributed by atoms with van der Waals surface area (Å²) in [6.07, 6.45) is 0.591. The molecule has 0 bridgehead atoms. The first kappa shape index (κ1) is 19.0. The summed E-state index contributed by atoms with van der Waals surface area (Å²) in [7, 11) is 1.61. The summed E-state index contributed by atoms with van der Waals surface area (Å²) in [5, 5.41) is 5.81. The van der Waals surface area contributed by atoms with E-state index in [9.17, 15) is 9.59 Å². The Kier molecular flexibility index (Phi) is 5.79. The fraction of sp³-hybridized carbons (Fsp3) is 0.364. The van der Waals surface area contributed by atoms with Crippen LogP contribution in [0.3, 0.4) is 0 Å². The van der Waals surface area contributed by atoms with Gasteiger partial charge in [0.15, 0.2) is 0 Å². The van der Waals surface area contributed by atoms with Gasteiger partial charge in [0, 0.05) is 17.8 Å². The molecule has 2 N–H and O–H groups in total. The third kappa shape index (κ3) is 4.67. The van der Waals surface area contributed by atoms with E-state index in [1.54, 1.807) is 7.11 Å². The number of methoxy groups -OCH3 is 1. The number of ether oxygens (including phenoxy) is 1. The van der Waals surface area contributed by atoms with Gasteiger partial charge in [-0.05, 0) is 36.1 Å². The topological polar surface area (TPSA) is 67.4 Å². The van der Waals surface area contributed by atoms with Crippen molar-refractivity contribution in [1.82, 2.24) is 5.32 Å². The molecule has 1 saturated carbocycles. The number of amides is 2. The van der Waals surface area contributed by atoms with Gasteiger partial charge in [-0.15, -0.1) is 0 Å². The summed E-state index contributed by atoms with van der Waals surface area (Å²) >= 11 is 0. The van der Waals surface area contributed by atoms with Crippen LogP contribution in [0, 0.1) is 11.8 Å². The Morgan fingerprint density at radius 3 is 2.37 bits per heavy atom. The number of hydrogen-bond donors (Lipinski definition) is 2. The summed E-state index contributed by atoms with van der Waals surface area (Å²) in [5.41, 5.74) is 2.91. The molecule has 5 heteroatoms. The summed E-state index contributed by atoms with van der Waals surface area (Å²) < 4.78 is 5.29. The van der Waals surface area contributed by atoms with Crippen molar-refractivity contribution >= 4 is 17.5 Å². The Balaban J connectivity index is 1.49. The van der Waals surface area contributed by atoms with Crippen molar-refractivity contribution in [3.05, 3.63) is 59.7 Å².